The molecule has 0 radical (unpaired) electrons. The Kier molecular flexibility index (Phi) is 2.97. The van der Waals surface area contributed by atoms with E-state index in [1.165, 1.54) is 0 Å². The van der Waals surface area contributed by atoms with Crippen molar-refractivity contribution in [2.45, 2.75) is 6.18 Å². The van der Waals surface area contributed by atoms with Crippen molar-refractivity contribution in [2.24, 2.45) is 0 Å². The predicted octanol–water partition coefficient (Wildman–Crippen LogP) is 1.94. The van der Waals surface area contributed by atoms with Gasteiger partial charge in [0.15, 0.2) is 0 Å². The number of nitrogens with one attached hydrogen (secondary N) is 1. The van der Waals surface area contributed by atoms with Gasteiger partial charge in [0, 0.05) is 5.02 Å². The summed E-state index contributed by atoms with van der Waals surface area (Å²) >= 11 is 5.46. The Hall–Kier alpha value is -2.09. The number of amides is 4. The molecule has 9 heteroatoms. The molecule has 1 aromatic carbocycles. The lowest BCUT2D eigenvalue weighted by atomic mass is 10.1. The third-order valence-corrected chi connectivity index (χ3v) is 2.56. The first-order chi connectivity index (χ1) is 8.71. The summed E-state index contributed by atoms with van der Waals surface area (Å²) in [5.41, 5.74) is -2.02. The van der Waals surface area contributed by atoms with E-state index < -0.39 is 35.3 Å². The maximum absolute atomic E-state index is 12.8. The van der Waals surface area contributed by atoms with Crippen molar-refractivity contribution < 1.29 is 27.6 Å². The second kappa shape index (κ2) is 4.23. The van der Waals surface area contributed by atoms with E-state index in [0.29, 0.717) is 6.07 Å². The number of imide groups is 2. The van der Waals surface area contributed by atoms with Crippen LogP contribution in [0, 0.1) is 0 Å². The standard InChI is InChI=1S/C10H4ClF3N2O3/c11-4-1-2-6(5(3-4)10(12,13)14)16-8(18)7(17)15-9(16)19/h1-3H,(H,15,17,19). The van der Waals surface area contributed by atoms with Crippen LogP contribution in [-0.2, 0) is 15.8 Å². The molecule has 4 amide bonds. The van der Waals surface area contributed by atoms with Crippen molar-refractivity contribution in [3.63, 3.8) is 0 Å². The Morgan fingerprint density at radius 3 is 2.26 bits per heavy atom. The fourth-order valence-corrected chi connectivity index (χ4v) is 1.72. The number of hydrogen-bond acceptors (Lipinski definition) is 3. The quantitative estimate of drug-likeness (QED) is 0.635. The van der Waals surface area contributed by atoms with Gasteiger partial charge in [-0.05, 0) is 18.2 Å². The van der Waals surface area contributed by atoms with E-state index in [1.54, 1.807) is 5.32 Å². The zero-order valence-corrected chi connectivity index (χ0v) is 9.67. The summed E-state index contributed by atoms with van der Waals surface area (Å²) in [5.74, 6) is -2.66. The highest BCUT2D eigenvalue weighted by atomic mass is 35.5. The first-order valence-corrected chi connectivity index (χ1v) is 5.16. The molecule has 1 aromatic rings. The van der Waals surface area contributed by atoms with Crippen molar-refractivity contribution in [1.29, 1.82) is 0 Å². The lowest BCUT2D eigenvalue weighted by Crippen LogP contribution is -2.32. The van der Waals surface area contributed by atoms with Crippen molar-refractivity contribution in [3.8, 4) is 0 Å². The van der Waals surface area contributed by atoms with Crippen LogP contribution in [-0.4, -0.2) is 17.8 Å². The number of urea groups is 1. The average molecular weight is 293 g/mol. The molecular weight excluding hydrogens is 289 g/mol. The van der Waals surface area contributed by atoms with E-state index >= 15 is 0 Å². The molecule has 2 rings (SSSR count). The third kappa shape index (κ3) is 2.26. The first-order valence-electron chi connectivity index (χ1n) is 4.78. The van der Waals surface area contributed by atoms with Gasteiger partial charge in [-0.1, -0.05) is 11.6 Å². The molecule has 0 aromatic heterocycles. The van der Waals surface area contributed by atoms with Gasteiger partial charge in [-0.25, -0.2) is 9.69 Å². The van der Waals surface area contributed by atoms with Gasteiger partial charge >= 0.3 is 24.0 Å². The van der Waals surface area contributed by atoms with Crippen molar-refractivity contribution in [2.75, 3.05) is 4.90 Å². The Bertz CT molecular complexity index is 600. The van der Waals surface area contributed by atoms with Crippen LogP contribution in [0.25, 0.3) is 0 Å². The maximum Gasteiger partial charge on any atom is 0.418 e. The number of carbonyl (C=O) groups excluding carboxylic acids is 3. The number of halogens is 4. The van der Waals surface area contributed by atoms with Gasteiger partial charge in [-0.2, -0.15) is 13.2 Å². The summed E-state index contributed by atoms with van der Waals surface area (Å²) in [6.07, 6.45) is -4.83. The van der Waals surface area contributed by atoms with E-state index in [2.05, 4.69) is 0 Å². The van der Waals surface area contributed by atoms with E-state index in [1.807, 2.05) is 0 Å². The molecule has 5 nitrogen and oxygen atoms in total. The molecule has 0 aliphatic carbocycles. The van der Waals surface area contributed by atoms with E-state index in [9.17, 15) is 27.6 Å². The zero-order valence-electron chi connectivity index (χ0n) is 8.92. The fourth-order valence-electron chi connectivity index (χ4n) is 1.55. The van der Waals surface area contributed by atoms with Crippen LogP contribution in [0.3, 0.4) is 0 Å². The Labute approximate surface area is 108 Å². The number of anilines is 1. The minimum Gasteiger partial charge on any atom is -0.269 e. The second-order valence-electron chi connectivity index (χ2n) is 3.56. The molecule has 0 atom stereocenters. The van der Waals surface area contributed by atoms with Crippen LogP contribution in [0.2, 0.25) is 5.02 Å². The van der Waals surface area contributed by atoms with Gasteiger partial charge in [-0.15, -0.1) is 0 Å². The van der Waals surface area contributed by atoms with Gasteiger partial charge in [0.2, 0.25) is 0 Å². The number of nitrogens with zero attached hydrogens (tertiary/aromatic N) is 1. The van der Waals surface area contributed by atoms with Crippen LogP contribution in [0.15, 0.2) is 18.2 Å². The fraction of sp³-hybridized carbons (Fsp3) is 0.100. The normalized spacial score (nSPS) is 16.0. The molecule has 100 valence electrons. The zero-order chi connectivity index (χ0) is 14.4. The number of rotatable bonds is 1. The molecule has 0 saturated carbocycles. The molecule has 1 fully saturated rings. The molecule has 1 N–H and O–H groups in total. The molecule has 0 bridgehead atoms. The number of alkyl halides is 3. The highest BCUT2D eigenvalue weighted by molar-refractivity contribution is 6.53. The molecule has 0 unspecified atom stereocenters. The van der Waals surface area contributed by atoms with E-state index in [-0.39, 0.29) is 9.92 Å². The Morgan fingerprint density at radius 2 is 1.79 bits per heavy atom. The Balaban J connectivity index is 2.60. The predicted molar refractivity (Wildman–Crippen MR) is 57.5 cm³/mol. The number of hydrogen-bond donors (Lipinski definition) is 1. The van der Waals surface area contributed by atoms with Gasteiger partial charge in [0.25, 0.3) is 0 Å². The van der Waals surface area contributed by atoms with Gasteiger partial charge < -0.3 is 0 Å². The molecule has 1 heterocycles. The minimum atomic E-state index is -4.83. The topological polar surface area (TPSA) is 66.5 Å². The van der Waals surface area contributed by atoms with Gasteiger partial charge in [0.1, 0.15) is 0 Å². The molecule has 0 spiro atoms. The summed E-state index contributed by atoms with van der Waals surface area (Å²) in [4.78, 5) is 33.8. The average Bonchev–Trinajstić information content (AvgIpc) is 2.53. The lowest BCUT2D eigenvalue weighted by molar-refractivity contribution is -0.137. The summed E-state index contributed by atoms with van der Waals surface area (Å²) in [7, 11) is 0. The maximum atomic E-state index is 12.8. The van der Waals surface area contributed by atoms with Gasteiger partial charge in [-0.3, -0.25) is 14.9 Å². The highest BCUT2D eigenvalue weighted by Gasteiger charge is 2.43. The van der Waals surface area contributed by atoms with Crippen LogP contribution in [0.4, 0.5) is 23.7 Å². The molecule has 1 aliphatic rings. The lowest BCUT2D eigenvalue weighted by Gasteiger charge is -2.18. The largest absolute Gasteiger partial charge is 0.418 e. The van der Waals surface area contributed by atoms with Crippen molar-refractivity contribution in [1.82, 2.24) is 5.32 Å². The van der Waals surface area contributed by atoms with E-state index in [4.69, 9.17) is 11.6 Å². The van der Waals surface area contributed by atoms with Crippen LogP contribution < -0.4 is 10.2 Å². The SMILES string of the molecule is O=C1NC(=O)N(c2ccc(Cl)cc2C(F)(F)F)C1=O. The van der Waals surface area contributed by atoms with Crippen molar-refractivity contribution in [3.05, 3.63) is 28.8 Å². The summed E-state index contributed by atoms with van der Waals surface area (Å²) in [5, 5.41) is 1.39. The van der Waals surface area contributed by atoms with Crippen molar-refractivity contribution >= 4 is 35.1 Å². The molecule has 19 heavy (non-hydrogen) atoms. The highest BCUT2D eigenvalue weighted by Crippen LogP contribution is 2.38. The summed E-state index contributed by atoms with van der Waals surface area (Å²) in [6, 6.07) is 1.26. The summed E-state index contributed by atoms with van der Waals surface area (Å²) < 4.78 is 38.5. The second-order valence-corrected chi connectivity index (χ2v) is 4.00. The van der Waals surface area contributed by atoms with Gasteiger partial charge in [0.05, 0.1) is 11.3 Å². The Morgan fingerprint density at radius 1 is 1.16 bits per heavy atom. The van der Waals surface area contributed by atoms with E-state index in [0.717, 1.165) is 12.1 Å². The third-order valence-electron chi connectivity index (χ3n) is 2.33. The smallest absolute Gasteiger partial charge is 0.269 e. The van der Waals surface area contributed by atoms with Crippen LogP contribution in [0.1, 0.15) is 5.56 Å². The molecule has 1 saturated heterocycles. The minimum absolute atomic E-state index is 0.126. The molecule has 1 aliphatic heterocycles. The monoisotopic (exact) mass is 292 g/mol. The first kappa shape index (κ1) is 13.3. The van der Waals surface area contributed by atoms with Crippen LogP contribution >= 0.6 is 11.6 Å². The number of benzene rings is 1. The number of carbonyl (C=O) groups is 3. The summed E-state index contributed by atoms with van der Waals surface area (Å²) in [6.45, 7) is 0. The van der Waals surface area contributed by atoms with Crippen LogP contribution in [0.5, 0.6) is 0 Å². The molecular formula is C10H4ClF3N2O3.